The summed E-state index contributed by atoms with van der Waals surface area (Å²) in [6, 6.07) is 16.6. The summed E-state index contributed by atoms with van der Waals surface area (Å²) >= 11 is 0. The van der Waals surface area contributed by atoms with E-state index in [1.165, 1.54) is 22.3 Å². The lowest BCUT2D eigenvalue weighted by Crippen LogP contribution is -2.52. The third kappa shape index (κ3) is 4.27. The van der Waals surface area contributed by atoms with Crippen molar-refractivity contribution in [2.45, 2.75) is 70.1 Å². The van der Waals surface area contributed by atoms with E-state index >= 15 is 0 Å². The summed E-state index contributed by atoms with van der Waals surface area (Å²) in [6.07, 6.45) is 4.13. The molecule has 6 rings (SSSR count). The summed E-state index contributed by atoms with van der Waals surface area (Å²) in [6.45, 7) is 10.7. The SMILES string of the molecule is CC(=O)C1(n2cc(B3OC(C)(C)C(C)(C)O3)cn2)CCN(C(=O)OCC2c3ccccc3-c3ccccc32)CC1. The number of likely N-dealkylation sites (tertiary alicyclic amines) is 1. The first kappa shape index (κ1) is 26.8. The number of rotatable bonds is 5. The lowest BCUT2D eigenvalue weighted by Gasteiger charge is -2.39. The van der Waals surface area contributed by atoms with Gasteiger partial charge in [-0.05, 0) is 69.7 Å². The summed E-state index contributed by atoms with van der Waals surface area (Å²) < 4.78 is 20.0. The molecule has 2 aliphatic heterocycles. The van der Waals surface area contributed by atoms with E-state index < -0.39 is 23.9 Å². The highest BCUT2D eigenvalue weighted by Crippen LogP contribution is 2.44. The van der Waals surface area contributed by atoms with Gasteiger partial charge in [-0.1, -0.05) is 48.5 Å². The molecule has 2 aromatic carbocycles. The van der Waals surface area contributed by atoms with Gasteiger partial charge in [0.1, 0.15) is 12.1 Å². The van der Waals surface area contributed by atoms with Gasteiger partial charge in [-0.15, -0.1) is 0 Å². The fourth-order valence-corrected chi connectivity index (χ4v) is 6.16. The van der Waals surface area contributed by atoms with E-state index in [0.717, 1.165) is 5.46 Å². The quantitative estimate of drug-likeness (QED) is 0.442. The minimum absolute atomic E-state index is 0.00919. The molecule has 0 spiro atoms. The molecule has 3 aliphatic rings. The fraction of sp³-hybridized carbons (Fsp3) is 0.452. The molecule has 208 valence electrons. The monoisotopic (exact) mass is 541 g/mol. The van der Waals surface area contributed by atoms with Crippen LogP contribution >= 0.6 is 0 Å². The highest BCUT2D eigenvalue weighted by molar-refractivity contribution is 6.62. The number of nitrogens with zero attached hydrogens (tertiary/aromatic N) is 3. The van der Waals surface area contributed by atoms with Gasteiger partial charge in [-0.25, -0.2) is 4.79 Å². The third-order valence-electron chi connectivity index (χ3n) is 9.41. The molecule has 2 saturated heterocycles. The molecule has 0 atom stereocenters. The van der Waals surface area contributed by atoms with Crippen LogP contribution in [-0.4, -0.2) is 64.6 Å². The number of hydrogen-bond acceptors (Lipinski definition) is 6. The second-order valence-corrected chi connectivity index (χ2v) is 12.2. The number of ether oxygens (including phenoxy) is 1. The van der Waals surface area contributed by atoms with Crippen molar-refractivity contribution in [1.82, 2.24) is 14.7 Å². The lowest BCUT2D eigenvalue weighted by molar-refractivity contribution is -0.128. The van der Waals surface area contributed by atoms with E-state index in [-0.39, 0.29) is 24.4 Å². The zero-order valence-electron chi connectivity index (χ0n) is 23.8. The number of aromatic nitrogens is 2. The first-order valence-electron chi connectivity index (χ1n) is 14.0. The van der Waals surface area contributed by atoms with E-state index in [1.807, 2.05) is 58.2 Å². The maximum atomic E-state index is 13.2. The van der Waals surface area contributed by atoms with Crippen LogP contribution in [0.5, 0.6) is 0 Å². The Morgan fingerprint density at radius 2 is 1.50 bits per heavy atom. The Morgan fingerprint density at radius 3 is 2.05 bits per heavy atom. The summed E-state index contributed by atoms with van der Waals surface area (Å²) in [5.74, 6) is 0.0261. The Labute approximate surface area is 235 Å². The molecule has 0 N–H and O–H groups in total. The van der Waals surface area contributed by atoms with Crippen molar-refractivity contribution in [2.75, 3.05) is 19.7 Å². The van der Waals surface area contributed by atoms with Crippen molar-refractivity contribution in [3.8, 4) is 11.1 Å². The largest absolute Gasteiger partial charge is 0.498 e. The molecule has 0 unspecified atom stereocenters. The van der Waals surface area contributed by atoms with Crippen molar-refractivity contribution in [1.29, 1.82) is 0 Å². The van der Waals surface area contributed by atoms with E-state index in [9.17, 15) is 9.59 Å². The van der Waals surface area contributed by atoms with Gasteiger partial charge in [0.2, 0.25) is 0 Å². The summed E-state index contributed by atoms with van der Waals surface area (Å²) in [7, 11) is -0.552. The van der Waals surface area contributed by atoms with Gasteiger partial charge in [0.25, 0.3) is 0 Å². The second kappa shape index (κ2) is 9.60. The van der Waals surface area contributed by atoms with E-state index in [0.29, 0.717) is 25.9 Å². The first-order chi connectivity index (χ1) is 19.0. The third-order valence-corrected chi connectivity index (χ3v) is 9.41. The Morgan fingerprint density at radius 1 is 0.950 bits per heavy atom. The van der Waals surface area contributed by atoms with Crippen molar-refractivity contribution in [3.63, 3.8) is 0 Å². The fourth-order valence-electron chi connectivity index (χ4n) is 6.16. The van der Waals surface area contributed by atoms with Crippen LogP contribution in [0, 0.1) is 0 Å². The Bertz CT molecular complexity index is 1390. The molecule has 0 bridgehead atoms. The molecule has 3 aromatic rings. The van der Waals surface area contributed by atoms with Crippen molar-refractivity contribution in [3.05, 3.63) is 72.1 Å². The van der Waals surface area contributed by atoms with Crippen molar-refractivity contribution >= 4 is 24.5 Å². The van der Waals surface area contributed by atoms with E-state index in [1.54, 1.807) is 22.7 Å². The van der Waals surface area contributed by atoms with E-state index in [2.05, 4.69) is 29.4 Å². The molecule has 1 amide bonds. The molecule has 40 heavy (non-hydrogen) atoms. The summed E-state index contributed by atoms with van der Waals surface area (Å²) in [5.41, 5.74) is 3.77. The number of hydrogen-bond donors (Lipinski definition) is 0. The van der Waals surface area contributed by atoms with E-state index in [4.69, 9.17) is 14.0 Å². The number of carbonyl (C=O) groups is 2. The van der Waals surface area contributed by atoms with Gasteiger partial charge in [0.05, 0.1) is 11.2 Å². The summed E-state index contributed by atoms with van der Waals surface area (Å²) in [4.78, 5) is 27.9. The molecule has 1 aromatic heterocycles. The number of amides is 1. The Balaban J connectivity index is 1.12. The number of carbonyl (C=O) groups excluding carboxylic acids is 2. The van der Waals surface area contributed by atoms with Crippen LogP contribution in [0.15, 0.2) is 60.9 Å². The van der Waals surface area contributed by atoms with Crippen LogP contribution in [0.1, 0.15) is 64.5 Å². The highest BCUT2D eigenvalue weighted by atomic mass is 16.7. The molecule has 2 fully saturated rings. The van der Waals surface area contributed by atoms with Crippen molar-refractivity contribution in [2.24, 2.45) is 0 Å². The summed E-state index contributed by atoms with van der Waals surface area (Å²) in [5, 5.41) is 4.58. The molecule has 0 saturated carbocycles. The predicted molar refractivity (Wildman–Crippen MR) is 152 cm³/mol. The number of fused-ring (bicyclic) bond motifs is 3. The van der Waals surface area contributed by atoms with Gasteiger partial charge >= 0.3 is 13.2 Å². The average molecular weight is 541 g/mol. The molecule has 1 aliphatic carbocycles. The second-order valence-electron chi connectivity index (χ2n) is 12.2. The standard InChI is InChI=1S/C31H36BN3O5/c1-21(36)31(35-19-22(18-33-35)32-39-29(2,3)30(4,5)40-32)14-16-34(17-15-31)28(37)38-20-27-25-12-8-6-10-23(25)24-11-7-9-13-26(24)27/h6-13,18-19,27H,14-17,20H2,1-5H3. The molecule has 8 nitrogen and oxygen atoms in total. The number of Topliss-reactive ketones (excluding diaryl/α,β-unsaturated/α-hetero) is 1. The maximum absolute atomic E-state index is 13.2. The molecular formula is C31H36BN3O5. The minimum atomic E-state index is -0.831. The van der Waals surface area contributed by atoms with Crippen LogP contribution in [0.3, 0.4) is 0 Å². The number of piperidine rings is 1. The van der Waals surface area contributed by atoms with Gasteiger partial charge in [0, 0.05) is 36.9 Å². The molecule has 9 heteroatoms. The normalized spacial score (nSPS) is 20.7. The van der Waals surface area contributed by atoms with Crippen LogP contribution in [-0.2, 0) is 24.4 Å². The van der Waals surface area contributed by atoms with Gasteiger partial charge in [0.15, 0.2) is 5.78 Å². The number of ketones is 1. The highest BCUT2D eigenvalue weighted by Gasteiger charge is 2.52. The van der Waals surface area contributed by atoms with Crippen LogP contribution in [0.2, 0.25) is 0 Å². The van der Waals surface area contributed by atoms with Crippen LogP contribution in [0.4, 0.5) is 4.79 Å². The number of benzene rings is 2. The van der Waals surface area contributed by atoms with Gasteiger partial charge in [-0.2, -0.15) is 5.10 Å². The zero-order chi connectivity index (χ0) is 28.3. The lowest BCUT2D eigenvalue weighted by atomic mass is 9.81. The first-order valence-corrected chi connectivity index (χ1v) is 14.0. The average Bonchev–Trinajstić information content (AvgIpc) is 3.60. The Hall–Kier alpha value is -3.43. The van der Waals surface area contributed by atoms with Gasteiger partial charge < -0.3 is 18.9 Å². The predicted octanol–water partition coefficient (Wildman–Crippen LogP) is 4.51. The molecular weight excluding hydrogens is 505 g/mol. The molecule has 3 heterocycles. The van der Waals surface area contributed by atoms with Crippen LogP contribution in [0.25, 0.3) is 11.1 Å². The van der Waals surface area contributed by atoms with Crippen LogP contribution < -0.4 is 5.46 Å². The Kier molecular flexibility index (Phi) is 6.42. The minimum Gasteiger partial charge on any atom is -0.448 e. The zero-order valence-corrected chi connectivity index (χ0v) is 23.8. The van der Waals surface area contributed by atoms with Gasteiger partial charge in [-0.3, -0.25) is 9.48 Å². The maximum Gasteiger partial charge on any atom is 0.498 e. The topological polar surface area (TPSA) is 82.9 Å². The molecule has 0 radical (unpaired) electrons. The van der Waals surface area contributed by atoms with Crippen molar-refractivity contribution < 1.29 is 23.6 Å². The smallest absolute Gasteiger partial charge is 0.448 e.